The fourth-order valence-electron chi connectivity index (χ4n) is 2.49. The first-order valence-corrected chi connectivity index (χ1v) is 8.54. The molecular weight excluding hydrogens is 358 g/mol. The van der Waals surface area contributed by atoms with E-state index in [9.17, 15) is 10.1 Å². The van der Waals surface area contributed by atoms with Gasteiger partial charge < -0.3 is 9.47 Å². The molecule has 0 radical (unpaired) electrons. The molecule has 142 valence electrons. The Bertz CT molecular complexity index is 974. The van der Waals surface area contributed by atoms with Gasteiger partial charge in [0.1, 0.15) is 6.61 Å². The Morgan fingerprint density at radius 3 is 2.61 bits per heavy atom. The van der Waals surface area contributed by atoms with Crippen LogP contribution in [0.3, 0.4) is 0 Å². The number of benzene rings is 3. The Hall–Kier alpha value is -3.87. The first-order chi connectivity index (χ1) is 13.7. The van der Waals surface area contributed by atoms with E-state index in [0.29, 0.717) is 23.8 Å². The van der Waals surface area contributed by atoms with E-state index >= 15 is 0 Å². The van der Waals surface area contributed by atoms with Crippen molar-refractivity contribution in [1.82, 2.24) is 0 Å². The topological polar surface area (TPSA) is 86.0 Å². The second-order valence-corrected chi connectivity index (χ2v) is 5.86. The summed E-state index contributed by atoms with van der Waals surface area (Å²) in [5, 5.41) is 14.9. The smallest absolute Gasteiger partial charge is 0.271 e. The maximum Gasteiger partial charge on any atom is 0.271 e. The van der Waals surface area contributed by atoms with Gasteiger partial charge in [-0.2, -0.15) is 5.10 Å². The maximum atomic E-state index is 10.8. The molecule has 0 atom stereocenters. The molecule has 0 heterocycles. The van der Waals surface area contributed by atoms with E-state index in [-0.39, 0.29) is 5.69 Å². The van der Waals surface area contributed by atoms with Gasteiger partial charge in [-0.3, -0.25) is 15.5 Å². The van der Waals surface area contributed by atoms with Crippen LogP contribution in [0.1, 0.15) is 11.1 Å². The first kappa shape index (κ1) is 18.9. The summed E-state index contributed by atoms with van der Waals surface area (Å²) in [6.45, 7) is 0.443. The van der Waals surface area contributed by atoms with E-state index in [1.807, 2.05) is 42.5 Å². The number of ether oxygens (including phenoxy) is 2. The zero-order chi connectivity index (χ0) is 19.8. The molecule has 0 amide bonds. The average Bonchev–Trinajstić information content (AvgIpc) is 2.73. The molecule has 0 aromatic heterocycles. The molecule has 0 saturated heterocycles. The Labute approximate surface area is 162 Å². The number of non-ortho nitro benzene ring substituents is 1. The van der Waals surface area contributed by atoms with E-state index in [0.717, 1.165) is 11.1 Å². The highest BCUT2D eigenvalue weighted by Gasteiger charge is 2.06. The van der Waals surface area contributed by atoms with Crippen LogP contribution >= 0.6 is 0 Å². The number of hydrogen-bond donors (Lipinski definition) is 1. The molecule has 3 aromatic rings. The molecule has 0 saturated carbocycles. The first-order valence-electron chi connectivity index (χ1n) is 8.54. The Morgan fingerprint density at radius 1 is 1.04 bits per heavy atom. The predicted molar refractivity (Wildman–Crippen MR) is 108 cm³/mol. The molecule has 3 aromatic carbocycles. The van der Waals surface area contributed by atoms with Gasteiger partial charge in [0.25, 0.3) is 5.69 Å². The van der Waals surface area contributed by atoms with Crippen molar-refractivity contribution in [2.24, 2.45) is 5.10 Å². The molecule has 0 spiro atoms. The van der Waals surface area contributed by atoms with E-state index in [2.05, 4.69) is 10.5 Å². The second-order valence-electron chi connectivity index (χ2n) is 5.86. The second kappa shape index (κ2) is 9.18. The van der Waals surface area contributed by atoms with Crippen molar-refractivity contribution in [2.45, 2.75) is 6.61 Å². The molecule has 0 aliphatic rings. The minimum absolute atomic E-state index is 0.00165. The normalized spacial score (nSPS) is 10.6. The molecule has 0 aliphatic carbocycles. The van der Waals surface area contributed by atoms with E-state index in [1.165, 1.54) is 12.1 Å². The van der Waals surface area contributed by atoms with Gasteiger partial charge in [-0.25, -0.2) is 0 Å². The van der Waals surface area contributed by atoms with Crippen LogP contribution in [0.2, 0.25) is 0 Å². The van der Waals surface area contributed by atoms with Crippen molar-refractivity contribution >= 4 is 17.6 Å². The number of nitro groups is 1. The zero-order valence-electron chi connectivity index (χ0n) is 15.2. The lowest BCUT2D eigenvalue weighted by Crippen LogP contribution is -1.98. The third-order valence-electron chi connectivity index (χ3n) is 3.89. The van der Waals surface area contributed by atoms with Crippen LogP contribution in [0, 0.1) is 10.1 Å². The summed E-state index contributed by atoms with van der Waals surface area (Å²) in [6, 6.07) is 21.5. The summed E-state index contributed by atoms with van der Waals surface area (Å²) in [4.78, 5) is 10.4. The predicted octanol–water partition coefficient (Wildman–Crippen LogP) is 4.63. The SMILES string of the molecule is COc1cc(/C=N/Nc2cccc([N+](=O)[O-])c2)ccc1OCc1ccccc1. The summed E-state index contributed by atoms with van der Waals surface area (Å²) in [7, 11) is 1.58. The number of nitrogens with zero attached hydrogens (tertiary/aromatic N) is 2. The number of nitro benzene ring substituents is 1. The minimum atomic E-state index is -0.450. The van der Waals surface area contributed by atoms with Gasteiger partial charge in [0, 0.05) is 12.1 Å². The highest BCUT2D eigenvalue weighted by molar-refractivity contribution is 5.81. The van der Waals surface area contributed by atoms with Crippen LogP contribution in [0.4, 0.5) is 11.4 Å². The lowest BCUT2D eigenvalue weighted by atomic mass is 10.2. The van der Waals surface area contributed by atoms with Crippen molar-refractivity contribution in [3.63, 3.8) is 0 Å². The van der Waals surface area contributed by atoms with Crippen LogP contribution in [0.5, 0.6) is 11.5 Å². The summed E-state index contributed by atoms with van der Waals surface area (Å²) >= 11 is 0. The van der Waals surface area contributed by atoms with E-state index < -0.39 is 4.92 Å². The van der Waals surface area contributed by atoms with Gasteiger partial charge in [0.05, 0.1) is 23.9 Å². The van der Waals surface area contributed by atoms with Crippen LogP contribution in [0.15, 0.2) is 77.9 Å². The molecule has 28 heavy (non-hydrogen) atoms. The van der Waals surface area contributed by atoms with Crippen LogP contribution in [-0.2, 0) is 6.61 Å². The van der Waals surface area contributed by atoms with Crippen LogP contribution < -0.4 is 14.9 Å². The molecule has 0 unspecified atom stereocenters. The molecule has 3 rings (SSSR count). The Balaban J connectivity index is 1.65. The molecule has 7 nitrogen and oxygen atoms in total. The highest BCUT2D eigenvalue weighted by Crippen LogP contribution is 2.28. The largest absolute Gasteiger partial charge is 0.493 e. The number of hydrogen-bond acceptors (Lipinski definition) is 6. The number of anilines is 1. The van der Waals surface area contributed by atoms with Gasteiger partial charge >= 0.3 is 0 Å². The summed E-state index contributed by atoms with van der Waals surface area (Å²) in [5.41, 5.74) is 5.17. The lowest BCUT2D eigenvalue weighted by molar-refractivity contribution is -0.384. The third kappa shape index (κ3) is 5.07. The highest BCUT2D eigenvalue weighted by atomic mass is 16.6. The van der Waals surface area contributed by atoms with Gasteiger partial charge in [-0.05, 0) is 35.4 Å². The quantitative estimate of drug-likeness (QED) is 0.351. The van der Waals surface area contributed by atoms with E-state index in [4.69, 9.17) is 9.47 Å². The zero-order valence-corrected chi connectivity index (χ0v) is 15.2. The van der Waals surface area contributed by atoms with Crippen molar-refractivity contribution in [3.05, 3.63) is 94.0 Å². The number of methoxy groups -OCH3 is 1. The minimum Gasteiger partial charge on any atom is -0.493 e. The van der Waals surface area contributed by atoms with Gasteiger partial charge in [0.15, 0.2) is 11.5 Å². The summed E-state index contributed by atoms with van der Waals surface area (Å²) in [5.74, 6) is 1.23. The van der Waals surface area contributed by atoms with Crippen molar-refractivity contribution in [3.8, 4) is 11.5 Å². The Kier molecular flexibility index (Phi) is 6.20. The molecule has 0 bridgehead atoms. The maximum absolute atomic E-state index is 10.8. The van der Waals surface area contributed by atoms with Crippen LogP contribution in [0.25, 0.3) is 0 Å². The van der Waals surface area contributed by atoms with Crippen molar-refractivity contribution < 1.29 is 14.4 Å². The molecule has 0 fully saturated rings. The van der Waals surface area contributed by atoms with Crippen molar-refractivity contribution in [1.29, 1.82) is 0 Å². The van der Waals surface area contributed by atoms with Gasteiger partial charge in [-0.1, -0.05) is 36.4 Å². The van der Waals surface area contributed by atoms with Gasteiger partial charge in [0.2, 0.25) is 0 Å². The summed E-state index contributed by atoms with van der Waals surface area (Å²) < 4.78 is 11.2. The van der Waals surface area contributed by atoms with Crippen LogP contribution in [-0.4, -0.2) is 18.2 Å². The average molecular weight is 377 g/mol. The van der Waals surface area contributed by atoms with Gasteiger partial charge in [-0.15, -0.1) is 0 Å². The third-order valence-corrected chi connectivity index (χ3v) is 3.89. The van der Waals surface area contributed by atoms with Crippen molar-refractivity contribution in [2.75, 3.05) is 12.5 Å². The number of rotatable bonds is 8. The fraction of sp³-hybridized carbons (Fsp3) is 0.0952. The molecule has 7 heteroatoms. The standard InChI is InChI=1S/C21H19N3O4/c1-27-21-12-17(10-11-20(21)28-15-16-6-3-2-4-7-16)14-22-23-18-8-5-9-19(13-18)24(25)26/h2-14,23H,15H2,1H3/b22-14+. The summed E-state index contributed by atoms with van der Waals surface area (Å²) in [6.07, 6.45) is 1.60. The lowest BCUT2D eigenvalue weighted by Gasteiger charge is -2.11. The number of nitrogens with one attached hydrogen (secondary N) is 1. The fourth-order valence-corrected chi connectivity index (χ4v) is 2.49. The monoisotopic (exact) mass is 377 g/mol. The van der Waals surface area contributed by atoms with E-state index in [1.54, 1.807) is 31.5 Å². The molecule has 1 N–H and O–H groups in total. The Morgan fingerprint density at radius 2 is 1.86 bits per heavy atom. The molecule has 0 aliphatic heterocycles. The number of hydrazone groups is 1. The molecular formula is C21H19N3O4.